The van der Waals surface area contributed by atoms with Crippen LogP contribution in [0, 0.1) is 0 Å². The minimum Gasteiger partial charge on any atom is -0.339 e. The van der Waals surface area contributed by atoms with Crippen LogP contribution in [0.3, 0.4) is 0 Å². The molecule has 0 radical (unpaired) electrons. The molecule has 0 amide bonds. The van der Waals surface area contributed by atoms with Crippen LogP contribution < -0.4 is 5.32 Å². The Bertz CT molecular complexity index is 750. The number of aromatic nitrogens is 4. The van der Waals surface area contributed by atoms with E-state index >= 15 is 0 Å². The second-order valence-corrected chi connectivity index (χ2v) is 4.02. The predicted molar refractivity (Wildman–Crippen MR) is 66.4 cm³/mol. The molecule has 5 nitrogen and oxygen atoms in total. The Balaban J connectivity index is 2.06. The first kappa shape index (κ1) is 12.4. The molecule has 0 bridgehead atoms. The maximum atomic E-state index is 12.9. The molecule has 0 fully saturated rings. The lowest BCUT2D eigenvalue weighted by Crippen LogP contribution is -2.09. The van der Waals surface area contributed by atoms with Gasteiger partial charge in [0.1, 0.15) is 12.1 Å². The molecule has 2 heterocycles. The summed E-state index contributed by atoms with van der Waals surface area (Å²) in [7, 11) is 0. The normalized spacial score (nSPS) is 11.8. The van der Waals surface area contributed by atoms with Crippen LogP contribution in [-0.4, -0.2) is 20.2 Å². The van der Waals surface area contributed by atoms with Gasteiger partial charge in [0.2, 0.25) is 0 Å². The Morgan fingerprint density at radius 1 is 1.10 bits per heavy atom. The Morgan fingerprint density at radius 3 is 2.70 bits per heavy atom. The van der Waals surface area contributed by atoms with Crippen molar-refractivity contribution >= 4 is 22.5 Å². The molecule has 0 unspecified atom stereocenters. The molecule has 2 N–H and O–H groups in total. The number of benzene rings is 1. The molecular formula is C12H8F3N5. The van der Waals surface area contributed by atoms with Crippen molar-refractivity contribution < 1.29 is 13.2 Å². The molecule has 3 aromatic rings. The van der Waals surface area contributed by atoms with Gasteiger partial charge in [-0.1, -0.05) is 12.1 Å². The molecule has 2 aromatic heterocycles. The lowest BCUT2D eigenvalue weighted by molar-refractivity contribution is -0.136. The number of fused-ring (bicyclic) bond motifs is 1. The van der Waals surface area contributed by atoms with Crippen molar-refractivity contribution in [3.05, 3.63) is 42.4 Å². The fourth-order valence-electron chi connectivity index (χ4n) is 1.83. The maximum absolute atomic E-state index is 12.9. The minimum absolute atomic E-state index is 0.0683. The van der Waals surface area contributed by atoms with Crippen molar-refractivity contribution in [3.63, 3.8) is 0 Å². The summed E-state index contributed by atoms with van der Waals surface area (Å²) >= 11 is 0. The van der Waals surface area contributed by atoms with Crippen molar-refractivity contribution in [2.75, 3.05) is 5.32 Å². The molecule has 0 aliphatic heterocycles. The quantitative estimate of drug-likeness (QED) is 0.756. The van der Waals surface area contributed by atoms with Gasteiger partial charge in [0.15, 0.2) is 5.65 Å². The Morgan fingerprint density at radius 2 is 1.90 bits per heavy atom. The van der Waals surface area contributed by atoms with E-state index in [1.54, 1.807) is 0 Å². The first-order chi connectivity index (χ1) is 9.55. The second-order valence-electron chi connectivity index (χ2n) is 4.02. The van der Waals surface area contributed by atoms with Crippen LogP contribution in [0.2, 0.25) is 0 Å². The van der Waals surface area contributed by atoms with E-state index < -0.39 is 11.7 Å². The van der Waals surface area contributed by atoms with Crippen LogP contribution >= 0.6 is 0 Å². The highest BCUT2D eigenvalue weighted by atomic mass is 19.4. The molecular weight excluding hydrogens is 271 g/mol. The smallest absolute Gasteiger partial charge is 0.339 e. The number of alkyl halides is 3. The van der Waals surface area contributed by atoms with E-state index in [4.69, 9.17) is 0 Å². The Kier molecular flexibility index (Phi) is 2.78. The molecule has 0 saturated heterocycles. The minimum atomic E-state index is -4.44. The first-order valence-corrected chi connectivity index (χ1v) is 5.63. The van der Waals surface area contributed by atoms with Crippen molar-refractivity contribution in [1.29, 1.82) is 0 Å². The summed E-state index contributed by atoms with van der Waals surface area (Å²) in [4.78, 5) is 7.87. The average molecular weight is 279 g/mol. The van der Waals surface area contributed by atoms with Gasteiger partial charge >= 0.3 is 6.18 Å². The second kappa shape index (κ2) is 4.48. The number of H-pyrrole nitrogens is 1. The summed E-state index contributed by atoms with van der Waals surface area (Å²) in [5, 5.41) is 9.61. The molecule has 0 saturated carbocycles. The summed E-state index contributed by atoms with van der Waals surface area (Å²) in [5.41, 5.74) is -0.372. The molecule has 0 aliphatic carbocycles. The van der Waals surface area contributed by atoms with E-state index in [0.29, 0.717) is 11.0 Å². The standard InChI is InChI=1S/C12H8F3N5/c13-12(14,15)8-3-1-2-4-9(8)19-10-7-5-18-20-11(7)17-6-16-10/h1-6H,(H2,16,17,18,19,20). The number of halogens is 3. The predicted octanol–water partition coefficient (Wildman–Crippen LogP) is 3.12. The molecule has 20 heavy (non-hydrogen) atoms. The van der Waals surface area contributed by atoms with Crippen molar-refractivity contribution in [1.82, 2.24) is 20.2 Å². The number of hydrogen-bond donors (Lipinski definition) is 2. The van der Waals surface area contributed by atoms with Gasteiger partial charge in [-0.15, -0.1) is 0 Å². The molecule has 0 spiro atoms. The topological polar surface area (TPSA) is 66.5 Å². The van der Waals surface area contributed by atoms with Gasteiger partial charge in [-0.3, -0.25) is 5.10 Å². The highest BCUT2D eigenvalue weighted by molar-refractivity contribution is 5.88. The third kappa shape index (κ3) is 2.15. The maximum Gasteiger partial charge on any atom is 0.418 e. The SMILES string of the molecule is FC(F)(F)c1ccccc1Nc1ncnc2[nH]ncc12. The fraction of sp³-hybridized carbons (Fsp3) is 0.0833. The highest BCUT2D eigenvalue weighted by Gasteiger charge is 2.33. The molecule has 3 rings (SSSR count). The van der Waals surface area contributed by atoms with Crippen LogP contribution in [0.15, 0.2) is 36.8 Å². The number of hydrogen-bond acceptors (Lipinski definition) is 4. The number of para-hydroxylation sites is 1. The molecule has 1 aromatic carbocycles. The highest BCUT2D eigenvalue weighted by Crippen LogP contribution is 2.36. The van der Waals surface area contributed by atoms with Crippen molar-refractivity contribution in [3.8, 4) is 0 Å². The lowest BCUT2D eigenvalue weighted by Gasteiger charge is -2.13. The average Bonchev–Trinajstić information content (AvgIpc) is 2.87. The van der Waals surface area contributed by atoms with Gasteiger partial charge < -0.3 is 5.32 Å². The molecule has 0 aliphatic rings. The summed E-state index contributed by atoms with van der Waals surface area (Å²) in [6, 6.07) is 5.21. The Hall–Kier alpha value is -2.64. The zero-order valence-corrected chi connectivity index (χ0v) is 9.94. The van der Waals surface area contributed by atoms with Crippen LogP contribution in [0.5, 0.6) is 0 Å². The summed E-state index contributed by atoms with van der Waals surface area (Å²) in [6.07, 6.45) is -1.74. The largest absolute Gasteiger partial charge is 0.418 e. The van der Waals surface area contributed by atoms with E-state index in [1.807, 2.05) is 0 Å². The van der Waals surface area contributed by atoms with Gasteiger partial charge in [-0.05, 0) is 12.1 Å². The van der Waals surface area contributed by atoms with Crippen molar-refractivity contribution in [2.24, 2.45) is 0 Å². The number of nitrogens with one attached hydrogen (secondary N) is 2. The number of nitrogens with zero attached hydrogens (tertiary/aromatic N) is 3. The number of aromatic amines is 1. The van der Waals surface area contributed by atoms with Crippen LogP contribution in [0.25, 0.3) is 11.0 Å². The van der Waals surface area contributed by atoms with Crippen molar-refractivity contribution in [2.45, 2.75) is 6.18 Å². The number of rotatable bonds is 2. The van der Waals surface area contributed by atoms with E-state index in [2.05, 4.69) is 25.5 Å². The summed E-state index contributed by atoms with van der Waals surface area (Å²) in [6.45, 7) is 0. The number of anilines is 2. The first-order valence-electron chi connectivity index (χ1n) is 5.63. The zero-order valence-electron chi connectivity index (χ0n) is 9.94. The lowest BCUT2D eigenvalue weighted by atomic mass is 10.1. The van der Waals surface area contributed by atoms with Crippen LogP contribution in [0.1, 0.15) is 5.56 Å². The van der Waals surface area contributed by atoms with Crippen LogP contribution in [0.4, 0.5) is 24.7 Å². The molecule has 102 valence electrons. The van der Waals surface area contributed by atoms with E-state index in [0.717, 1.165) is 6.07 Å². The van der Waals surface area contributed by atoms with Gasteiger partial charge in [0.05, 0.1) is 22.8 Å². The van der Waals surface area contributed by atoms with E-state index in [-0.39, 0.29) is 11.5 Å². The van der Waals surface area contributed by atoms with Gasteiger partial charge in [0.25, 0.3) is 0 Å². The van der Waals surface area contributed by atoms with Gasteiger partial charge in [0, 0.05) is 0 Å². The Labute approximate surface area is 110 Å². The molecule has 8 heteroatoms. The summed E-state index contributed by atoms with van der Waals surface area (Å²) < 4.78 is 38.7. The fourth-order valence-corrected chi connectivity index (χ4v) is 1.83. The van der Waals surface area contributed by atoms with E-state index in [9.17, 15) is 13.2 Å². The zero-order chi connectivity index (χ0) is 14.2. The van der Waals surface area contributed by atoms with Crippen LogP contribution in [-0.2, 0) is 6.18 Å². The third-order valence-electron chi connectivity index (χ3n) is 2.73. The van der Waals surface area contributed by atoms with Gasteiger partial charge in [-0.2, -0.15) is 18.3 Å². The van der Waals surface area contributed by atoms with E-state index in [1.165, 1.54) is 30.7 Å². The third-order valence-corrected chi connectivity index (χ3v) is 2.73. The summed E-state index contributed by atoms with van der Waals surface area (Å²) in [5.74, 6) is 0.264. The monoisotopic (exact) mass is 279 g/mol. The molecule has 0 atom stereocenters. The van der Waals surface area contributed by atoms with Gasteiger partial charge in [-0.25, -0.2) is 9.97 Å².